The molecule has 0 aliphatic carbocycles. The maximum absolute atomic E-state index is 11.3. The smallest absolute Gasteiger partial charge is 0.155 e. The summed E-state index contributed by atoms with van der Waals surface area (Å²) in [5.74, 6) is -0.0829. The summed E-state index contributed by atoms with van der Waals surface area (Å²) in [6, 6.07) is 0. The van der Waals surface area contributed by atoms with Crippen LogP contribution in [-0.4, -0.2) is 44.3 Å². The minimum absolute atomic E-state index is 0.0631. The largest absolute Gasteiger partial charge is 0.395 e. The summed E-state index contributed by atoms with van der Waals surface area (Å²) in [4.78, 5) is 0. The first-order valence-corrected chi connectivity index (χ1v) is 6.39. The summed E-state index contributed by atoms with van der Waals surface area (Å²) in [6.07, 6.45) is 2.74. The summed E-state index contributed by atoms with van der Waals surface area (Å²) in [6.45, 7) is 0.369. The fourth-order valence-corrected chi connectivity index (χ4v) is 2.72. The summed E-state index contributed by atoms with van der Waals surface area (Å²) in [5.41, 5.74) is 0. The van der Waals surface area contributed by atoms with Crippen LogP contribution in [0.2, 0.25) is 0 Å². The second kappa shape index (κ2) is 4.93. The van der Waals surface area contributed by atoms with Crippen molar-refractivity contribution in [2.75, 3.05) is 24.7 Å². The minimum Gasteiger partial charge on any atom is -0.395 e. The van der Waals surface area contributed by atoms with Gasteiger partial charge in [0.2, 0.25) is 0 Å². The molecule has 5 heteroatoms. The third-order valence-electron chi connectivity index (χ3n) is 2.12. The number of hydrogen-bond acceptors (Lipinski definition) is 4. The molecular weight excluding hydrogens is 192 g/mol. The van der Waals surface area contributed by atoms with Crippen molar-refractivity contribution in [1.29, 1.82) is 0 Å². The van der Waals surface area contributed by atoms with Gasteiger partial charge in [0, 0.05) is 6.61 Å². The van der Waals surface area contributed by atoms with Gasteiger partial charge < -0.3 is 9.84 Å². The van der Waals surface area contributed by atoms with Crippen LogP contribution in [0.25, 0.3) is 0 Å². The van der Waals surface area contributed by atoms with Gasteiger partial charge in [-0.05, 0) is 19.3 Å². The zero-order valence-electron chi connectivity index (χ0n) is 7.61. The zero-order chi connectivity index (χ0) is 9.73. The number of aliphatic hydroxyl groups excluding tert-OH is 1. The predicted octanol–water partition coefficient (Wildman–Crippen LogP) is -0.0374. The van der Waals surface area contributed by atoms with Crippen molar-refractivity contribution in [3.8, 4) is 0 Å². The molecule has 0 aromatic heterocycles. The van der Waals surface area contributed by atoms with Gasteiger partial charge in [-0.15, -0.1) is 0 Å². The molecule has 0 aromatic rings. The quantitative estimate of drug-likeness (QED) is 0.704. The predicted molar refractivity (Wildman–Crippen MR) is 49.3 cm³/mol. The molecule has 0 saturated carbocycles. The van der Waals surface area contributed by atoms with Crippen molar-refractivity contribution >= 4 is 9.84 Å². The lowest BCUT2D eigenvalue weighted by molar-refractivity contribution is 0.0305. The Hall–Kier alpha value is -0.130. The van der Waals surface area contributed by atoms with Crippen molar-refractivity contribution in [3.63, 3.8) is 0 Å². The molecule has 4 nitrogen and oxygen atoms in total. The summed E-state index contributed by atoms with van der Waals surface area (Å²) < 4.78 is 27.8. The zero-order valence-corrected chi connectivity index (χ0v) is 8.42. The Kier molecular flexibility index (Phi) is 4.15. The van der Waals surface area contributed by atoms with E-state index in [1.54, 1.807) is 0 Å². The maximum Gasteiger partial charge on any atom is 0.155 e. The van der Waals surface area contributed by atoms with Crippen molar-refractivity contribution < 1.29 is 18.3 Å². The van der Waals surface area contributed by atoms with Gasteiger partial charge in [0.15, 0.2) is 9.84 Å². The Morgan fingerprint density at radius 1 is 1.38 bits per heavy atom. The standard InChI is InChI=1S/C8H16O4S/c9-4-6-13(10,11)7-8-3-1-2-5-12-8/h8-9H,1-7H2/t8-/m1/s1. The number of sulfone groups is 1. The second-order valence-corrected chi connectivity index (χ2v) is 5.56. The van der Waals surface area contributed by atoms with Gasteiger partial charge in [-0.2, -0.15) is 0 Å². The molecule has 0 bridgehead atoms. The van der Waals surface area contributed by atoms with E-state index in [1.165, 1.54) is 0 Å². The monoisotopic (exact) mass is 208 g/mol. The average Bonchev–Trinajstić information content (AvgIpc) is 2.04. The van der Waals surface area contributed by atoms with Crippen LogP contribution in [0.3, 0.4) is 0 Å². The number of rotatable bonds is 4. The van der Waals surface area contributed by atoms with Crippen LogP contribution in [0.15, 0.2) is 0 Å². The number of hydrogen-bond donors (Lipinski definition) is 1. The molecule has 1 heterocycles. The van der Waals surface area contributed by atoms with Crippen LogP contribution in [0.4, 0.5) is 0 Å². The van der Waals surface area contributed by atoms with E-state index < -0.39 is 9.84 Å². The SMILES string of the molecule is O=S(=O)(CCO)C[C@H]1CCCCO1. The molecule has 1 aliphatic heterocycles. The number of aliphatic hydroxyl groups is 1. The normalized spacial score (nSPS) is 24.5. The molecule has 1 fully saturated rings. The van der Waals surface area contributed by atoms with Crippen LogP contribution in [0.1, 0.15) is 19.3 Å². The van der Waals surface area contributed by atoms with Crippen LogP contribution in [0, 0.1) is 0 Å². The van der Waals surface area contributed by atoms with Gasteiger partial charge >= 0.3 is 0 Å². The third kappa shape index (κ3) is 4.06. The Bertz CT molecular complexity index is 229. The Morgan fingerprint density at radius 2 is 2.15 bits per heavy atom. The Labute approximate surface area is 78.8 Å². The van der Waals surface area contributed by atoms with Gasteiger partial charge in [0.25, 0.3) is 0 Å². The van der Waals surface area contributed by atoms with Gasteiger partial charge in [0.05, 0.1) is 24.2 Å². The fourth-order valence-electron chi connectivity index (χ4n) is 1.44. The minimum atomic E-state index is -3.11. The molecule has 13 heavy (non-hydrogen) atoms. The molecular formula is C8H16O4S. The maximum atomic E-state index is 11.3. The molecule has 0 unspecified atom stereocenters. The van der Waals surface area contributed by atoms with Crippen LogP contribution >= 0.6 is 0 Å². The van der Waals surface area contributed by atoms with E-state index in [-0.39, 0.29) is 24.2 Å². The highest BCUT2D eigenvalue weighted by Crippen LogP contribution is 2.14. The first-order chi connectivity index (χ1) is 6.14. The lowest BCUT2D eigenvalue weighted by atomic mass is 10.1. The highest BCUT2D eigenvalue weighted by molar-refractivity contribution is 7.91. The molecule has 0 aromatic carbocycles. The van der Waals surface area contributed by atoms with Crippen molar-refractivity contribution in [3.05, 3.63) is 0 Å². The van der Waals surface area contributed by atoms with E-state index in [0.29, 0.717) is 6.61 Å². The highest BCUT2D eigenvalue weighted by atomic mass is 32.2. The molecule has 0 radical (unpaired) electrons. The summed E-state index contributed by atoms with van der Waals surface area (Å²) in [7, 11) is -3.11. The first-order valence-electron chi connectivity index (χ1n) is 4.57. The van der Waals surface area contributed by atoms with Crippen LogP contribution < -0.4 is 0 Å². The lowest BCUT2D eigenvalue weighted by Crippen LogP contribution is -2.29. The van der Waals surface area contributed by atoms with Gasteiger partial charge in [-0.25, -0.2) is 8.42 Å². The van der Waals surface area contributed by atoms with Gasteiger partial charge in [-0.3, -0.25) is 0 Å². The first kappa shape index (κ1) is 10.9. The summed E-state index contributed by atoms with van der Waals surface area (Å²) in [5, 5.41) is 8.51. The summed E-state index contributed by atoms with van der Waals surface area (Å²) >= 11 is 0. The molecule has 1 saturated heterocycles. The van der Waals surface area contributed by atoms with Crippen molar-refractivity contribution in [2.24, 2.45) is 0 Å². The molecule has 1 N–H and O–H groups in total. The molecule has 1 aliphatic rings. The fraction of sp³-hybridized carbons (Fsp3) is 1.00. The Morgan fingerprint density at radius 3 is 2.69 bits per heavy atom. The molecule has 1 atom stereocenters. The third-order valence-corrected chi connectivity index (χ3v) is 3.80. The van der Waals surface area contributed by atoms with Crippen LogP contribution in [0.5, 0.6) is 0 Å². The number of ether oxygens (including phenoxy) is 1. The average molecular weight is 208 g/mol. The lowest BCUT2D eigenvalue weighted by Gasteiger charge is -2.21. The highest BCUT2D eigenvalue weighted by Gasteiger charge is 2.21. The molecule has 0 amide bonds. The molecule has 78 valence electrons. The second-order valence-electron chi connectivity index (χ2n) is 3.33. The van der Waals surface area contributed by atoms with E-state index in [9.17, 15) is 8.42 Å². The van der Waals surface area contributed by atoms with E-state index in [1.807, 2.05) is 0 Å². The topological polar surface area (TPSA) is 63.6 Å². The van der Waals surface area contributed by atoms with Crippen LogP contribution in [-0.2, 0) is 14.6 Å². The van der Waals surface area contributed by atoms with Gasteiger partial charge in [-0.1, -0.05) is 0 Å². The van der Waals surface area contributed by atoms with Crippen molar-refractivity contribution in [1.82, 2.24) is 0 Å². The van der Waals surface area contributed by atoms with E-state index in [0.717, 1.165) is 19.3 Å². The van der Waals surface area contributed by atoms with Gasteiger partial charge in [0.1, 0.15) is 0 Å². The van der Waals surface area contributed by atoms with E-state index in [4.69, 9.17) is 9.84 Å². The molecule has 1 rings (SSSR count). The Balaban J connectivity index is 2.37. The van der Waals surface area contributed by atoms with E-state index in [2.05, 4.69) is 0 Å². The van der Waals surface area contributed by atoms with E-state index >= 15 is 0 Å². The van der Waals surface area contributed by atoms with Crippen molar-refractivity contribution in [2.45, 2.75) is 25.4 Å². The molecule has 0 spiro atoms.